The highest BCUT2D eigenvalue weighted by Crippen LogP contribution is 2.45. The van der Waals surface area contributed by atoms with Gasteiger partial charge in [-0.1, -0.05) is 0 Å². The Balaban J connectivity index is 2.65. The molecule has 0 amide bonds. The minimum absolute atomic E-state index is 0.196. The van der Waals surface area contributed by atoms with E-state index >= 15 is 0 Å². The number of rotatable bonds is 1. The topological polar surface area (TPSA) is 32.7 Å². The summed E-state index contributed by atoms with van der Waals surface area (Å²) in [5.74, 6) is 0.792. The largest absolute Gasteiger partial charge is 0.503 e. The maximum absolute atomic E-state index is 9.76. The number of benzene rings is 1. The Morgan fingerprint density at radius 3 is 2.93 bits per heavy atom. The maximum Gasteiger partial charge on any atom is 0.172 e. The summed E-state index contributed by atoms with van der Waals surface area (Å²) in [6.07, 6.45) is 0.926. The Bertz CT molecular complexity index is 379. The third-order valence-electron chi connectivity index (χ3n) is 2.60. The Kier molecular flexibility index (Phi) is 2.31. The predicted octanol–water partition coefficient (Wildman–Crippen LogP) is 2.16. The van der Waals surface area contributed by atoms with Crippen LogP contribution >= 0.6 is 15.9 Å². The fourth-order valence-electron chi connectivity index (χ4n) is 1.85. The van der Waals surface area contributed by atoms with Crippen LogP contribution in [-0.2, 0) is 6.42 Å². The summed E-state index contributed by atoms with van der Waals surface area (Å²) in [6, 6.07) is 1.93. The van der Waals surface area contributed by atoms with Crippen LogP contribution in [0.1, 0.15) is 5.56 Å². The van der Waals surface area contributed by atoms with Gasteiger partial charge in [-0.05, 0) is 28.4 Å². The van der Waals surface area contributed by atoms with Gasteiger partial charge in [-0.25, -0.2) is 0 Å². The number of phenols is 1. The van der Waals surface area contributed by atoms with Gasteiger partial charge in [-0.2, -0.15) is 0 Å². The lowest BCUT2D eigenvalue weighted by atomic mass is 10.1. The van der Waals surface area contributed by atoms with Gasteiger partial charge in [0, 0.05) is 24.8 Å². The van der Waals surface area contributed by atoms with Crippen LogP contribution in [0.4, 0.5) is 5.69 Å². The summed E-state index contributed by atoms with van der Waals surface area (Å²) < 4.78 is 5.89. The van der Waals surface area contributed by atoms with Gasteiger partial charge in [0.05, 0.1) is 11.6 Å². The van der Waals surface area contributed by atoms with Gasteiger partial charge >= 0.3 is 0 Å². The molecule has 4 heteroatoms. The molecule has 1 aliphatic heterocycles. The number of anilines is 1. The predicted molar refractivity (Wildman–Crippen MR) is 59.3 cm³/mol. The van der Waals surface area contributed by atoms with E-state index in [1.807, 2.05) is 13.1 Å². The molecule has 2 rings (SSSR count). The maximum atomic E-state index is 9.76. The molecule has 0 aromatic heterocycles. The van der Waals surface area contributed by atoms with Crippen molar-refractivity contribution in [1.82, 2.24) is 0 Å². The van der Waals surface area contributed by atoms with E-state index in [9.17, 15) is 5.11 Å². The molecule has 0 saturated carbocycles. The summed E-state index contributed by atoms with van der Waals surface area (Å²) >= 11 is 3.31. The zero-order valence-electron chi connectivity index (χ0n) is 8.17. The first-order valence-corrected chi connectivity index (χ1v) is 5.24. The molecule has 0 aliphatic carbocycles. The zero-order valence-corrected chi connectivity index (χ0v) is 9.76. The van der Waals surface area contributed by atoms with Crippen molar-refractivity contribution in [1.29, 1.82) is 0 Å². The molecule has 0 saturated heterocycles. The van der Waals surface area contributed by atoms with Crippen LogP contribution in [-0.4, -0.2) is 25.8 Å². The number of methoxy groups -OCH3 is 1. The molecule has 0 unspecified atom stereocenters. The summed E-state index contributed by atoms with van der Waals surface area (Å²) in [4.78, 5) is 2.15. The number of aromatic hydroxyl groups is 1. The first kappa shape index (κ1) is 9.65. The van der Waals surface area contributed by atoms with Crippen LogP contribution in [0.3, 0.4) is 0 Å². The Labute approximate surface area is 91.4 Å². The van der Waals surface area contributed by atoms with Crippen molar-refractivity contribution >= 4 is 21.6 Å². The van der Waals surface area contributed by atoms with Crippen LogP contribution in [0.5, 0.6) is 11.5 Å². The first-order chi connectivity index (χ1) is 6.65. The summed E-state index contributed by atoms with van der Waals surface area (Å²) in [5, 5.41) is 9.76. The van der Waals surface area contributed by atoms with Crippen molar-refractivity contribution in [3.63, 3.8) is 0 Å². The van der Waals surface area contributed by atoms with E-state index in [0.29, 0.717) is 10.2 Å². The van der Waals surface area contributed by atoms with Gasteiger partial charge in [-0.15, -0.1) is 0 Å². The number of phenolic OH excluding ortho intramolecular Hbond substituents is 1. The molecule has 0 spiro atoms. The van der Waals surface area contributed by atoms with E-state index in [4.69, 9.17) is 4.74 Å². The van der Waals surface area contributed by atoms with Crippen molar-refractivity contribution in [2.24, 2.45) is 0 Å². The molecular formula is C10H12BrNO2. The van der Waals surface area contributed by atoms with Gasteiger partial charge < -0.3 is 14.7 Å². The van der Waals surface area contributed by atoms with Gasteiger partial charge in [-0.3, -0.25) is 0 Å². The van der Waals surface area contributed by atoms with Crippen molar-refractivity contribution in [2.45, 2.75) is 6.42 Å². The first-order valence-electron chi connectivity index (χ1n) is 4.44. The molecule has 14 heavy (non-hydrogen) atoms. The average Bonchev–Trinajstić information content (AvgIpc) is 2.51. The lowest BCUT2D eigenvalue weighted by Gasteiger charge is -2.14. The highest BCUT2D eigenvalue weighted by atomic mass is 79.9. The highest BCUT2D eigenvalue weighted by molar-refractivity contribution is 9.10. The van der Waals surface area contributed by atoms with Gasteiger partial charge in [0.15, 0.2) is 11.5 Å². The number of hydrogen-bond acceptors (Lipinski definition) is 3. The van der Waals surface area contributed by atoms with Crippen molar-refractivity contribution < 1.29 is 9.84 Å². The Morgan fingerprint density at radius 1 is 1.57 bits per heavy atom. The van der Waals surface area contributed by atoms with Gasteiger partial charge in [0.1, 0.15) is 0 Å². The molecular weight excluding hydrogens is 246 g/mol. The summed E-state index contributed by atoms with van der Waals surface area (Å²) in [7, 11) is 3.62. The monoisotopic (exact) mass is 257 g/mol. The van der Waals surface area contributed by atoms with E-state index in [1.54, 1.807) is 7.11 Å². The van der Waals surface area contributed by atoms with Crippen LogP contribution < -0.4 is 9.64 Å². The fourth-order valence-corrected chi connectivity index (χ4v) is 2.24. The van der Waals surface area contributed by atoms with Crippen LogP contribution in [0.15, 0.2) is 10.5 Å². The molecule has 0 bridgehead atoms. The number of ether oxygens (including phenoxy) is 1. The Hall–Kier alpha value is -0.900. The second-order valence-electron chi connectivity index (χ2n) is 3.41. The lowest BCUT2D eigenvalue weighted by Crippen LogP contribution is -2.12. The normalized spacial score (nSPS) is 14.4. The molecule has 0 radical (unpaired) electrons. The van der Waals surface area contributed by atoms with E-state index in [2.05, 4.69) is 20.8 Å². The van der Waals surface area contributed by atoms with E-state index in [1.165, 1.54) is 0 Å². The molecule has 1 aromatic carbocycles. The number of fused-ring (bicyclic) bond motifs is 1. The fraction of sp³-hybridized carbons (Fsp3) is 0.400. The van der Waals surface area contributed by atoms with Crippen LogP contribution in [0.2, 0.25) is 0 Å². The number of likely N-dealkylation sites (N-methyl/N-ethyl adjacent to an activating group) is 1. The molecule has 1 aromatic rings. The standard InChI is InChI=1S/C10H12BrNO2/c1-12-4-3-6-8(12)5-7(11)9(13)10(6)14-2/h5,13H,3-4H2,1-2H3. The lowest BCUT2D eigenvalue weighted by molar-refractivity contribution is 0.369. The molecule has 1 heterocycles. The van der Waals surface area contributed by atoms with E-state index in [0.717, 1.165) is 24.2 Å². The zero-order chi connectivity index (χ0) is 10.3. The molecule has 76 valence electrons. The van der Waals surface area contributed by atoms with Crippen molar-refractivity contribution in [2.75, 3.05) is 25.6 Å². The van der Waals surface area contributed by atoms with Crippen LogP contribution in [0, 0.1) is 0 Å². The van der Waals surface area contributed by atoms with Crippen molar-refractivity contribution in [3.05, 3.63) is 16.1 Å². The average molecular weight is 258 g/mol. The highest BCUT2D eigenvalue weighted by Gasteiger charge is 2.24. The molecule has 0 atom stereocenters. The van der Waals surface area contributed by atoms with Crippen molar-refractivity contribution in [3.8, 4) is 11.5 Å². The smallest absolute Gasteiger partial charge is 0.172 e. The summed E-state index contributed by atoms with van der Waals surface area (Å²) in [6.45, 7) is 0.974. The molecule has 0 fully saturated rings. The number of halogens is 1. The van der Waals surface area contributed by atoms with Gasteiger partial charge in [0.25, 0.3) is 0 Å². The third-order valence-corrected chi connectivity index (χ3v) is 3.21. The summed E-state index contributed by atoms with van der Waals surface area (Å²) in [5.41, 5.74) is 2.22. The third kappa shape index (κ3) is 1.25. The minimum Gasteiger partial charge on any atom is -0.503 e. The number of nitrogens with zero attached hydrogens (tertiary/aromatic N) is 1. The second-order valence-corrected chi connectivity index (χ2v) is 4.26. The number of hydrogen-bond donors (Lipinski definition) is 1. The second kappa shape index (κ2) is 3.35. The van der Waals surface area contributed by atoms with E-state index < -0.39 is 0 Å². The minimum atomic E-state index is 0.196. The van der Waals surface area contributed by atoms with Gasteiger partial charge in [0.2, 0.25) is 0 Å². The van der Waals surface area contributed by atoms with Crippen LogP contribution in [0.25, 0.3) is 0 Å². The molecule has 1 aliphatic rings. The molecule has 1 N–H and O–H groups in total. The van der Waals surface area contributed by atoms with E-state index in [-0.39, 0.29) is 5.75 Å². The SMILES string of the molecule is COc1c(O)c(Br)cc2c1CCN2C. The Morgan fingerprint density at radius 2 is 2.29 bits per heavy atom. The molecule has 3 nitrogen and oxygen atoms in total. The quantitative estimate of drug-likeness (QED) is 0.837.